The van der Waals surface area contributed by atoms with Crippen LogP contribution in [0.15, 0.2) is 18.0 Å². The zero-order chi connectivity index (χ0) is 15.1. The van der Waals surface area contributed by atoms with Gasteiger partial charge in [0.1, 0.15) is 18.1 Å². The Hall–Kier alpha value is -1.33. The molecule has 0 aromatic rings. The lowest BCUT2D eigenvalue weighted by molar-refractivity contribution is -0.118. The number of ether oxygens (including phenoxy) is 3. The minimum atomic E-state index is -0.352. The Bertz CT molecular complexity index is 375. The zero-order valence-corrected chi connectivity index (χ0v) is 12.5. The first-order valence-corrected chi connectivity index (χ1v) is 6.70. The standard InChI is InChI=1S/C14H24N2O4/c1-5-11(18-3)13(19-4)14-12(16-6-7-17)10(15)8-9(2)20-14/h6,8,10-14,16H,5,15H2,1-4H3. The Morgan fingerprint density at radius 2 is 2.25 bits per heavy atom. The van der Waals surface area contributed by atoms with Gasteiger partial charge in [0.25, 0.3) is 0 Å². The van der Waals surface area contributed by atoms with Gasteiger partial charge in [0.15, 0.2) is 0 Å². The van der Waals surface area contributed by atoms with Gasteiger partial charge in [-0.2, -0.15) is 0 Å². The number of allylic oxidation sites excluding steroid dienone is 1. The number of hydrogen-bond acceptors (Lipinski definition) is 6. The third kappa shape index (κ3) is 3.84. The van der Waals surface area contributed by atoms with Gasteiger partial charge >= 0.3 is 0 Å². The molecule has 6 heteroatoms. The van der Waals surface area contributed by atoms with Gasteiger partial charge in [-0.15, -0.1) is 0 Å². The summed E-state index contributed by atoms with van der Waals surface area (Å²) in [7, 11) is 3.25. The molecule has 1 rings (SSSR count). The number of nitrogens with one attached hydrogen (secondary N) is 1. The zero-order valence-electron chi connectivity index (χ0n) is 12.5. The molecule has 1 heterocycles. The van der Waals surface area contributed by atoms with Crippen molar-refractivity contribution in [2.75, 3.05) is 14.2 Å². The number of carbonyl (C=O) groups excluding carboxylic acids is 1. The van der Waals surface area contributed by atoms with Crippen LogP contribution in [-0.2, 0) is 19.0 Å². The number of methoxy groups -OCH3 is 2. The summed E-state index contributed by atoms with van der Waals surface area (Å²) in [5.41, 5.74) is 6.11. The van der Waals surface area contributed by atoms with Crippen molar-refractivity contribution in [3.8, 4) is 0 Å². The van der Waals surface area contributed by atoms with Crippen molar-refractivity contribution >= 4 is 5.94 Å². The predicted molar refractivity (Wildman–Crippen MR) is 75.7 cm³/mol. The Balaban J connectivity index is 3.01. The van der Waals surface area contributed by atoms with Crippen LogP contribution in [0, 0.1) is 0 Å². The van der Waals surface area contributed by atoms with Gasteiger partial charge in [-0.05, 0) is 19.4 Å². The fourth-order valence-electron chi connectivity index (χ4n) is 2.56. The Morgan fingerprint density at radius 1 is 1.55 bits per heavy atom. The molecule has 0 bridgehead atoms. The summed E-state index contributed by atoms with van der Waals surface area (Å²) >= 11 is 0. The van der Waals surface area contributed by atoms with Crippen molar-refractivity contribution in [1.82, 2.24) is 5.32 Å². The summed E-state index contributed by atoms with van der Waals surface area (Å²) in [6.45, 7) is 3.86. The van der Waals surface area contributed by atoms with Crippen molar-refractivity contribution < 1.29 is 19.0 Å². The van der Waals surface area contributed by atoms with E-state index in [-0.39, 0.29) is 30.4 Å². The number of hydrogen-bond donors (Lipinski definition) is 2. The highest BCUT2D eigenvalue weighted by Crippen LogP contribution is 2.24. The molecule has 0 fully saturated rings. The molecule has 114 valence electrons. The number of nitrogens with two attached hydrogens (primary N) is 1. The van der Waals surface area contributed by atoms with Gasteiger partial charge < -0.3 is 25.3 Å². The molecule has 0 amide bonds. The average Bonchev–Trinajstić information content (AvgIpc) is 2.43. The van der Waals surface area contributed by atoms with Crippen LogP contribution in [0.4, 0.5) is 0 Å². The fraction of sp³-hybridized carbons (Fsp3) is 0.714. The van der Waals surface area contributed by atoms with Gasteiger partial charge in [-0.3, -0.25) is 0 Å². The molecule has 6 nitrogen and oxygen atoms in total. The molecule has 1 aliphatic heterocycles. The molecular formula is C14H24N2O4. The van der Waals surface area contributed by atoms with E-state index in [9.17, 15) is 4.79 Å². The third-order valence-electron chi connectivity index (χ3n) is 3.52. The van der Waals surface area contributed by atoms with Gasteiger partial charge in [0.05, 0.1) is 30.1 Å². The molecular weight excluding hydrogens is 260 g/mol. The van der Waals surface area contributed by atoms with Crippen LogP contribution in [0.5, 0.6) is 0 Å². The second-order valence-electron chi connectivity index (χ2n) is 4.77. The first-order chi connectivity index (χ1) is 9.58. The maximum Gasteiger partial charge on any atom is 0.149 e. The second kappa shape index (κ2) is 8.07. The van der Waals surface area contributed by atoms with Crippen molar-refractivity contribution in [2.24, 2.45) is 5.73 Å². The summed E-state index contributed by atoms with van der Waals surface area (Å²) < 4.78 is 16.9. The molecule has 0 saturated carbocycles. The molecule has 3 N–H and O–H groups in total. The van der Waals surface area contributed by atoms with Crippen LogP contribution < -0.4 is 11.1 Å². The Kier molecular flexibility index (Phi) is 6.75. The van der Waals surface area contributed by atoms with Gasteiger partial charge in [-0.1, -0.05) is 6.92 Å². The highest BCUT2D eigenvalue weighted by molar-refractivity contribution is 5.44. The van der Waals surface area contributed by atoms with E-state index in [1.54, 1.807) is 20.2 Å². The molecule has 5 unspecified atom stereocenters. The molecule has 1 aliphatic rings. The molecule has 0 radical (unpaired) electrons. The minimum Gasteiger partial charge on any atom is -0.490 e. The maximum atomic E-state index is 10.4. The van der Waals surface area contributed by atoms with Crippen LogP contribution in [0.25, 0.3) is 0 Å². The Morgan fingerprint density at radius 3 is 2.75 bits per heavy atom. The van der Waals surface area contributed by atoms with E-state index >= 15 is 0 Å². The molecule has 0 spiro atoms. The van der Waals surface area contributed by atoms with E-state index in [1.807, 2.05) is 19.9 Å². The molecule has 0 aromatic heterocycles. The van der Waals surface area contributed by atoms with Crippen molar-refractivity contribution in [2.45, 2.75) is 50.7 Å². The van der Waals surface area contributed by atoms with E-state index in [4.69, 9.17) is 19.9 Å². The van der Waals surface area contributed by atoms with Crippen LogP contribution in [0.2, 0.25) is 0 Å². The molecule has 0 aliphatic carbocycles. The molecule has 20 heavy (non-hydrogen) atoms. The largest absolute Gasteiger partial charge is 0.490 e. The number of rotatable bonds is 7. The van der Waals surface area contributed by atoms with Crippen LogP contribution in [-0.4, -0.2) is 50.6 Å². The van der Waals surface area contributed by atoms with Gasteiger partial charge in [0.2, 0.25) is 0 Å². The fourth-order valence-corrected chi connectivity index (χ4v) is 2.56. The highest BCUT2D eigenvalue weighted by Gasteiger charge is 2.40. The lowest BCUT2D eigenvalue weighted by atomic mass is 9.92. The monoisotopic (exact) mass is 284 g/mol. The maximum absolute atomic E-state index is 10.4. The van der Waals surface area contributed by atoms with Gasteiger partial charge in [-0.25, -0.2) is 4.79 Å². The molecule has 0 aromatic carbocycles. The smallest absolute Gasteiger partial charge is 0.149 e. The lowest BCUT2D eigenvalue weighted by Crippen LogP contribution is -2.59. The summed E-state index contributed by atoms with van der Waals surface area (Å²) in [5, 5.41) is 2.93. The Labute approximate surface area is 119 Å². The molecule has 5 atom stereocenters. The van der Waals surface area contributed by atoms with E-state index in [0.29, 0.717) is 0 Å². The first-order valence-electron chi connectivity index (χ1n) is 6.70. The predicted octanol–water partition coefficient (Wildman–Crippen LogP) is 0.360. The van der Waals surface area contributed by atoms with Crippen molar-refractivity contribution in [3.05, 3.63) is 18.0 Å². The van der Waals surface area contributed by atoms with E-state index in [0.717, 1.165) is 12.2 Å². The normalized spacial score (nSPS) is 28.6. The van der Waals surface area contributed by atoms with E-state index in [1.165, 1.54) is 6.20 Å². The van der Waals surface area contributed by atoms with E-state index < -0.39 is 0 Å². The van der Waals surface area contributed by atoms with Crippen LogP contribution >= 0.6 is 0 Å². The van der Waals surface area contributed by atoms with E-state index in [2.05, 4.69) is 5.32 Å². The topological polar surface area (TPSA) is 82.8 Å². The summed E-state index contributed by atoms with van der Waals surface area (Å²) in [4.78, 5) is 10.4. The SMILES string of the molecule is CCC(OC)C(OC)C1OC(C)=CC(N)C1NC=C=O. The van der Waals surface area contributed by atoms with Crippen LogP contribution in [0.3, 0.4) is 0 Å². The summed E-state index contributed by atoms with van der Waals surface area (Å²) in [6, 6.07) is -0.570. The lowest BCUT2D eigenvalue weighted by Gasteiger charge is -2.40. The quantitative estimate of drug-likeness (QED) is 0.657. The second-order valence-corrected chi connectivity index (χ2v) is 4.77. The van der Waals surface area contributed by atoms with Crippen LogP contribution in [0.1, 0.15) is 20.3 Å². The summed E-state index contributed by atoms with van der Waals surface area (Å²) in [6.07, 6.45) is 3.03. The third-order valence-corrected chi connectivity index (χ3v) is 3.52. The first kappa shape index (κ1) is 16.7. The average molecular weight is 284 g/mol. The van der Waals surface area contributed by atoms with Crippen molar-refractivity contribution in [3.63, 3.8) is 0 Å². The van der Waals surface area contributed by atoms with Crippen molar-refractivity contribution in [1.29, 1.82) is 0 Å². The van der Waals surface area contributed by atoms with Gasteiger partial charge in [0, 0.05) is 14.2 Å². The minimum absolute atomic E-state index is 0.118. The summed E-state index contributed by atoms with van der Waals surface area (Å²) in [5.74, 6) is 2.43. The molecule has 0 saturated heterocycles. The highest BCUT2D eigenvalue weighted by atomic mass is 16.6.